The average Bonchev–Trinajstić information content (AvgIpc) is 2.99. The lowest BCUT2D eigenvalue weighted by Gasteiger charge is -2.17. The molecule has 0 aliphatic heterocycles. The van der Waals surface area contributed by atoms with Crippen LogP contribution in [0.3, 0.4) is 0 Å². The maximum atomic E-state index is 12.3. The van der Waals surface area contributed by atoms with Crippen molar-refractivity contribution in [2.24, 2.45) is 0 Å². The van der Waals surface area contributed by atoms with E-state index >= 15 is 0 Å². The van der Waals surface area contributed by atoms with Crippen molar-refractivity contribution in [3.8, 4) is 11.5 Å². The summed E-state index contributed by atoms with van der Waals surface area (Å²) >= 11 is 0. The Morgan fingerprint density at radius 3 is 2.07 bits per heavy atom. The summed E-state index contributed by atoms with van der Waals surface area (Å²) in [5.41, 5.74) is 5.75. The van der Waals surface area contributed by atoms with Crippen molar-refractivity contribution in [1.82, 2.24) is 4.90 Å². The molecular weight excluding hydrogens is 530 g/mol. The monoisotopic (exact) mass is 575 g/mol. The summed E-state index contributed by atoms with van der Waals surface area (Å²) in [5, 5.41) is 9.85. The number of unbranched alkanes of at least 4 members (excludes halogenated alkanes) is 4. The fourth-order valence-corrected chi connectivity index (χ4v) is 5.94. The van der Waals surface area contributed by atoms with Crippen LogP contribution in [0.25, 0.3) is 11.1 Å². The van der Waals surface area contributed by atoms with E-state index in [1.54, 1.807) is 24.1 Å². The first-order chi connectivity index (χ1) is 19.9. The molecule has 3 rings (SSSR count). The SMILES string of the molecule is CCCCN(C)C(=O)CS(=O)CCCCCCOc1ccc(/C(=C(\CC)c2ccccc2)c2ccc(O)cc2)cc1. The number of allylic oxidation sites excluding steroid dienone is 1. The Morgan fingerprint density at radius 2 is 1.44 bits per heavy atom. The van der Waals surface area contributed by atoms with Crippen LogP contribution in [0.15, 0.2) is 78.9 Å². The molecule has 0 aliphatic rings. The summed E-state index contributed by atoms with van der Waals surface area (Å²) in [6, 6.07) is 26.1. The molecule has 1 N–H and O–H groups in total. The lowest BCUT2D eigenvalue weighted by molar-refractivity contribution is -0.127. The summed E-state index contributed by atoms with van der Waals surface area (Å²) in [7, 11) is 0.703. The molecule has 0 saturated carbocycles. The normalized spacial score (nSPS) is 12.5. The van der Waals surface area contributed by atoms with E-state index in [2.05, 4.69) is 50.2 Å². The molecule has 5 nitrogen and oxygen atoms in total. The molecule has 1 amide bonds. The minimum Gasteiger partial charge on any atom is -0.508 e. The Labute approximate surface area is 248 Å². The van der Waals surface area contributed by atoms with Gasteiger partial charge >= 0.3 is 0 Å². The molecule has 220 valence electrons. The Balaban J connectivity index is 1.50. The smallest absolute Gasteiger partial charge is 0.234 e. The third-order valence-electron chi connectivity index (χ3n) is 7.17. The van der Waals surface area contributed by atoms with Gasteiger partial charge < -0.3 is 14.7 Å². The topological polar surface area (TPSA) is 66.8 Å². The van der Waals surface area contributed by atoms with Gasteiger partial charge in [0.1, 0.15) is 17.3 Å². The molecule has 3 aromatic rings. The predicted octanol–water partition coefficient (Wildman–Crippen LogP) is 7.71. The van der Waals surface area contributed by atoms with Gasteiger partial charge in [0.25, 0.3) is 0 Å². The van der Waals surface area contributed by atoms with Gasteiger partial charge in [-0.25, -0.2) is 0 Å². The first kappa shape index (κ1) is 32.1. The van der Waals surface area contributed by atoms with E-state index in [0.29, 0.717) is 12.4 Å². The van der Waals surface area contributed by atoms with Gasteiger partial charge in [0, 0.05) is 30.1 Å². The number of rotatable bonds is 17. The molecule has 0 bridgehead atoms. The summed E-state index contributed by atoms with van der Waals surface area (Å²) in [4.78, 5) is 13.8. The second kappa shape index (κ2) is 17.4. The minimum atomic E-state index is -1.09. The maximum Gasteiger partial charge on any atom is 0.234 e. The Morgan fingerprint density at radius 1 is 0.805 bits per heavy atom. The van der Waals surface area contributed by atoms with E-state index in [9.17, 15) is 14.1 Å². The van der Waals surface area contributed by atoms with E-state index in [4.69, 9.17) is 4.74 Å². The van der Waals surface area contributed by atoms with Crippen molar-refractivity contribution in [2.75, 3.05) is 31.7 Å². The zero-order chi connectivity index (χ0) is 29.5. The molecular formula is C35H45NO4S. The molecule has 0 fully saturated rings. The van der Waals surface area contributed by atoms with Gasteiger partial charge in [0.05, 0.1) is 6.61 Å². The molecule has 0 heterocycles. The van der Waals surface area contributed by atoms with Gasteiger partial charge in [-0.1, -0.05) is 87.7 Å². The van der Waals surface area contributed by atoms with Crippen molar-refractivity contribution < 1.29 is 18.8 Å². The minimum absolute atomic E-state index is 0.0205. The molecule has 41 heavy (non-hydrogen) atoms. The predicted molar refractivity (Wildman–Crippen MR) is 172 cm³/mol. The zero-order valence-corrected chi connectivity index (χ0v) is 25.6. The van der Waals surface area contributed by atoms with E-state index in [1.807, 2.05) is 30.3 Å². The van der Waals surface area contributed by atoms with Crippen LogP contribution >= 0.6 is 0 Å². The Hall–Kier alpha value is -3.38. The van der Waals surface area contributed by atoms with Gasteiger partial charge in [-0.15, -0.1) is 0 Å². The van der Waals surface area contributed by atoms with Crippen molar-refractivity contribution in [3.63, 3.8) is 0 Å². The number of amides is 1. The molecule has 1 atom stereocenters. The number of phenolic OH excluding ortho intramolecular Hbond substituents is 1. The number of hydrogen-bond donors (Lipinski definition) is 1. The van der Waals surface area contributed by atoms with Crippen molar-refractivity contribution >= 4 is 27.9 Å². The highest BCUT2D eigenvalue weighted by Crippen LogP contribution is 2.35. The van der Waals surface area contributed by atoms with Gasteiger partial charge in [-0.3, -0.25) is 9.00 Å². The number of phenols is 1. The van der Waals surface area contributed by atoms with E-state index in [1.165, 1.54) is 11.1 Å². The van der Waals surface area contributed by atoms with Gasteiger partial charge in [0.15, 0.2) is 0 Å². The second-order valence-corrected chi connectivity index (χ2v) is 11.9. The number of nitrogens with zero attached hydrogens (tertiary/aromatic N) is 1. The van der Waals surface area contributed by atoms with Crippen molar-refractivity contribution in [1.29, 1.82) is 0 Å². The number of hydrogen-bond acceptors (Lipinski definition) is 4. The summed E-state index contributed by atoms with van der Waals surface area (Å²) < 4.78 is 18.3. The van der Waals surface area contributed by atoms with Crippen molar-refractivity contribution in [3.05, 3.63) is 95.6 Å². The lowest BCUT2D eigenvalue weighted by Crippen LogP contribution is -2.32. The molecule has 1 unspecified atom stereocenters. The Bertz CT molecular complexity index is 1250. The third kappa shape index (κ3) is 10.5. The lowest BCUT2D eigenvalue weighted by atomic mass is 9.88. The number of ether oxygens (including phenoxy) is 1. The molecule has 0 aliphatic carbocycles. The van der Waals surface area contributed by atoms with Crippen LogP contribution in [0.4, 0.5) is 0 Å². The van der Waals surface area contributed by atoms with Crippen LogP contribution < -0.4 is 4.74 Å². The summed E-state index contributed by atoms with van der Waals surface area (Å²) in [6.07, 6.45) is 6.67. The second-order valence-electron chi connectivity index (χ2n) is 10.4. The quantitative estimate of drug-likeness (QED) is 0.132. The first-order valence-electron chi connectivity index (χ1n) is 14.8. The van der Waals surface area contributed by atoms with Gasteiger partial charge in [0.2, 0.25) is 5.91 Å². The molecule has 0 saturated heterocycles. The molecule has 6 heteroatoms. The fraction of sp³-hybridized carbons (Fsp3) is 0.400. The standard InChI is InChI=1S/C35H45NO4S/c1-4-6-24-36(3)34(38)27-41(39)26-13-8-7-12-25-40-32-22-18-30(19-23-32)35(29-16-20-31(37)21-17-29)33(5-2)28-14-10-9-11-15-28/h9-11,14-23,37H,4-8,12-13,24-27H2,1-3H3/b35-33+. The average molecular weight is 576 g/mol. The highest BCUT2D eigenvalue weighted by atomic mass is 32.2. The molecule has 0 spiro atoms. The summed E-state index contributed by atoms with van der Waals surface area (Å²) in [6.45, 7) is 5.64. The highest BCUT2D eigenvalue weighted by molar-refractivity contribution is 7.85. The number of aromatic hydroxyl groups is 1. The first-order valence-corrected chi connectivity index (χ1v) is 16.3. The van der Waals surface area contributed by atoms with E-state index in [0.717, 1.165) is 73.9 Å². The fourth-order valence-electron chi connectivity index (χ4n) is 4.77. The van der Waals surface area contributed by atoms with E-state index in [-0.39, 0.29) is 17.4 Å². The molecule has 0 radical (unpaired) electrons. The van der Waals surface area contributed by atoms with Crippen LogP contribution in [0.5, 0.6) is 11.5 Å². The number of carbonyl (C=O) groups excluding carboxylic acids is 1. The van der Waals surface area contributed by atoms with Crippen LogP contribution in [0.1, 0.15) is 75.5 Å². The van der Waals surface area contributed by atoms with Crippen LogP contribution in [-0.2, 0) is 15.6 Å². The van der Waals surface area contributed by atoms with Crippen molar-refractivity contribution in [2.45, 2.75) is 58.8 Å². The highest BCUT2D eigenvalue weighted by Gasteiger charge is 2.14. The van der Waals surface area contributed by atoms with Crippen LogP contribution in [-0.4, -0.2) is 51.8 Å². The summed E-state index contributed by atoms with van der Waals surface area (Å²) in [5.74, 6) is 1.78. The molecule has 0 aromatic heterocycles. The largest absolute Gasteiger partial charge is 0.508 e. The molecule has 3 aromatic carbocycles. The zero-order valence-electron chi connectivity index (χ0n) is 24.8. The Kier molecular flexibility index (Phi) is 13.7. The van der Waals surface area contributed by atoms with Crippen LogP contribution in [0.2, 0.25) is 0 Å². The maximum absolute atomic E-state index is 12.3. The van der Waals surface area contributed by atoms with Gasteiger partial charge in [-0.2, -0.15) is 0 Å². The number of carbonyl (C=O) groups is 1. The van der Waals surface area contributed by atoms with Crippen LogP contribution in [0, 0.1) is 0 Å². The van der Waals surface area contributed by atoms with E-state index < -0.39 is 10.8 Å². The van der Waals surface area contributed by atoms with Gasteiger partial charge in [-0.05, 0) is 77.8 Å². The number of benzene rings is 3. The third-order valence-corrected chi connectivity index (χ3v) is 8.48.